The van der Waals surface area contributed by atoms with Gasteiger partial charge in [-0.1, -0.05) is 6.07 Å². The maximum atomic E-state index is 12.2. The fourth-order valence-corrected chi connectivity index (χ4v) is 2.58. The van der Waals surface area contributed by atoms with Crippen LogP contribution < -0.4 is 10.3 Å². The molecule has 0 bridgehead atoms. The van der Waals surface area contributed by atoms with Crippen molar-refractivity contribution in [2.24, 2.45) is 0 Å². The molecular formula is C16H17N3O4. The lowest BCUT2D eigenvalue weighted by Gasteiger charge is -2.30. The molecule has 7 nitrogen and oxygen atoms in total. The van der Waals surface area contributed by atoms with Crippen molar-refractivity contribution in [1.82, 2.24) is 14.5 Å². The van der Waals surface area contributed by atoms with Crippen LogP contribution in [0.25, 0.3) is 5.82 Å². The van der Waals surface area contributed by atoms with Crippen molar-refractivity contribution in [1.29, 1.82) is 0 Å². The second kappa shape index (κ2) is 6.51. The molecule has 0 aromatic carbocycles. The molecule has 1 saturated heterocycles. The fourth-order valence-electron chi connectivity index (χ4n) is 2.58. The van der Waals surface area contributed by atoms with Crippen molar-refractivity contribution < 1.29 is 14.6 Å². The van der Waals surface area contributed by atoms with Gasteiger partial charge in [-0.2, -0.15) is 0 Å². The Morgan fingerprint density at radius 2 is 2.04 bits per heavy atom. The van der Waals surface area contributed by atoms with E-state index in [0.29, 0.717) is 37.5 Å². The Balaban J connectivity index is 1.68. The minimum Gasteiger partial charge on any atom is -0.490 e. The second-order valence-corrected chi connectivity index (χ2v) is 5.35. The molecule has 1 aliphatic heterocycles. The molecule has 23 heavy (non-hydrogen) atoms. The summed E-state index contributed by atoms with van der Waals surface area (Å²) in [5.74, 6) is 1.05. The molecule has 2 aromatic rings. The summed E-state index contributed by atoms with van der Waals surface area (Å²) in [5, 5.41) is 8.92. The summed E-state index contributed by atoms with van der Waals surface area (Å²) in [6.07, 6.45) is 3.53. The highest BCUT2D eigenvalue weighted by Gasteiger charge is 2.23. The Kier molecular flexibility index (Phi) is 4.27. The average Bonchev–Trinajstić information content (AvgIpc) is 2.56. The quantitative estimate of drug-likeness (QED) is 0.933. The molecule has 0 unspecified atom stereocenters. The number of nitrogens with zero attached hydrogens (tertiary/aromatic N) is 3. The third-order valence-corrected chi connectivity index (χ3v) is 3.80. The number of hydrogen-bond acceptors (Lipinski definition) is 4. The highest BCUT2D eigenvalue weighted by atomic mass is 16.5. The van der Waals surface area contributed by atoms with E-state index in [2.05, 4.69) is 4.98 Å². The van der Waals surface area contributed by atoms with Crippen molar-refractivity contribution >= 4 is 6.09 Å². The van der Waals surface area contributed by atoms with Gasteiger partial charge in [0, 0.05) is 44.4 Å². The first-order valence-electron chi connectivity index (χ1n) is 7.42. The smallest absolute Gasteiger partial charge is 0.407 e. The zero-order valence-corrected chi connectivity index (χ0v) is 12.5. The van der Waals surface area contributed by atoms with Crippen molar-refractivity contribution in [2.75, 3.05) is 13.1 Å². The first-order chi connectivity index (χ1) is 11.1. The van der Waals surface area contributed by atoms with E-state index in [1.54, 1.807) is 30.6 Å². The Hall–Kier alpha value is -2.83. The summed E-state index contributed by atoms with van der Waals surface area (Å²) < 4.78 is 7.25. The zero-order valence-electron chi connectivity index (χ0n) is 12.5. The van der Waals surface area contributed by atoms with Gasteiger partial charge in [-0.05, 0) is 18.2 Å². The van der Waals surface area contributed by atoms with Crippen LogP contribution in [0.1, 0.15) is 12.8 Å². The van der Waals surface area contributed by atoms with Crippen molar-refractivity contribution in [3.05, 3.63) is 53.1 Å². The summed E-state index contributed by atoms with van der Waals surface area (Å²) >= 11 is 0. The Morgan fingerprint density at radius 1 is 1.26 bits per heavy atom. The average molecular weight is 315 g/mol. The number of pyridine rings is 2. The third kappa shape index (κ3) is 3.50. The Bertz CT molecular complexity index is 736. The molecule has 3 rings (SSSR count). The molecule has 0 saturated carbocycles. The van der Waals surface area contributed by atoms with Gasteiger partial charge in [0.1, 0.15) is 17.7 Å². The molecule has 0 radical (unpaired) electrons. The van der Waals surface area contributed by atoms with E-state index in [1.165, 1.54) is 15.5 Å². The Morgan fingerprint density at radius 3 is 2.65 bits per heavy atom. The topological polar surface area (TPSA) is 84.7 Å². The second-order valence-electron chi connectivity index (χ2n) is 5.35. The van der Waals surface area contributed by atoms with Crippen LogP contribution in [0.4, 0.5) is 4.79 Å². The van der Waals surface area contributed by atoms with Crippen molar-refractivity contribution in [3.63, 3.8) is 0 Å². The summed E-state index contributed by atoms with van der Waals surface area (Å²) in [6.45, 7) is 0.899. The fraction of sp³-hybridized carbons (Fsp3) is 0.312. The van der Waals surface area contributed by atoms with E-state index in [0.717, 1.165) is 0 Å². The number of hydrogen-bond donors (Lipinski definition) is 1. The predicted octanol–water partition coefficient (Wildman–Crippen LogP) is 1.75. The summed E-state index contributed by atoms with van der Waals surface area (Å²) in [6, 6.07) is 8.51. The van der Waals surface area contributed by atoms with E-state index >= 15 is 0 Å². The van der Waals surface area contributed by atoms with E-state index in [1.807, 2.05) is 6.07 Å². The Labute approximate surface area is 132 Å². The number of carboxylic acid groups (broad SMARTS) is 1. The number of amides is 1. The monoisotopic (exact) mass is 315 g/mol. The molecule has 1 N–H and O–H groups in total. The van der Waals surface area contributed by atoms with Crippen LogP contribution in [-0.2, 0) is 0 Å². The molecular weight excluding hydrogens is 298 g/mol. The SMILES string of the molecule is O=C(O)N1CCC(Oc2ccn(-c3ccccn3)c(=O)c2)CC1. The lowest BCUT2D eigenvalue weighted by Crippen LogP contribution is -2.41. The van der Waals surface area contributed by atoms with Gasteiger partial charge in [-0.25, -0.2) is 9.78 Å². The maximum absolute atomic E-state index is 12.2. The summed E-state index contributed by atoms with van der Waals surface area (Å²) in [5.41, 5.74) is -0.218. The van der Waals surface area contributed by atoms with Gasteiger partial charge < -0.3 is 14.7 Å². The molecule has 1 aliphatic rings. The number of piperidine rings is 1. The van der Waals surface area contributed by atoms with E-state index < -0.39 is 6.09 Å². The van der Waals surface area contributed by atoms with Crippen LogP contribution in [0, 0.1) is 0 Å². The summed E-state index contributed by atoms with van der Waals surface area (Å²) in [4.78, 5) is 28.6. The van der Waals surface area contributed by atoms with Gasteiger partial charge in [-0.3, -0.25) is 9.36 Å². The van der Waals surface area contributed by atoms with Gasteiger partial charge in [-0.15, -0.1) is 0 Å². The van der Waals surface area contributed by atoms with Crippen LogP contribution in [0.2, 0.25) is 0 Å². The van der Waals surface area contributed by atoms with Gasteiger partial charge in [0.05, 0.1) is 0 Å². The summed E-state index contributed by atoms with van der Waals surface area (Å²) in [7, 11) is 0. The highest BCUT2D eigenvalue weighted by Crippen LogP contribution is 2.18. The molecule has 120 valence electrons. The van der Waals surface area contributed by atoms with Crippen LogP contribution in [0.15, 0.2) is 47.5 Å². The van der Waals surface area contributed by atoms with Crippen LogP contribution in [0.3, 0.4) is 0 Å². The van der Waals surface area contributed by atoms with E-state index in [4.69, 9.17) is 9.84 Å². The zero-order chi connectivity index (χ0) is 16.2. The van der Waals surface area contributed by atoms with Gasteiger partial charge >= 0.3 is 6.09 Å². The minimum atomic E-state index is -0.901. The lowest BCUT2D eigenvalue weighted by molar-refractivity contribution is 0.0893. The number of rotatable bonds is 3. The number of carbonyl (C=O) groups is 1. The molecule has 2 aromatic heterocycles. The van der Waals surface area contributed by atoms with Gasteiger partial charge in [0.25, 0.3) is 5.56 Å². The minimum absolute atomic E-state index is 0.0734. The lowest BCUT2D eigenvalue weighted by atomic mass is 10.1. The van der Waals surface area contributed by atoms with E-state index in [-0.39, 0.29) is 11.7 Å². The number of aromatic nitrogens is 2. The van der Waals surface area contributed by atoms with Gasteiger partial charge in [0.2, 0.25) is 0 Å². The molecule has 7 heteroatoms. The van der Waals surface area contributed by atoms with Crippen molar-refractivity contribution in [3.8, 4) is 11.6 Å². The first kappa shape index (κ1) is 15.1. The normalized spacial score (nSPS) is 15.4. The van der Waals surface area contributed by atoms with Crippen molar-refractivity contribution in [2.45, 2.75) is 18.9 Å². The van der Waals surface area contributed by atoms with Crippen LogP contribution in [0.5, 0.6) is 5.75 Å². The highest BCUT2D eigenvalue weighted by molar-refractivity contribution is 5.65. The standard InChI is InChI=1S/C16H17N3O4/c20-15-11-13(6-10-19(15)14-3-1-2-7-17-14)23-12-4-8-18(9-5-12)16(21)22/h1-3,6-7,10-12H,4-5,8-9H2,(H,21,22). The van der Waals surface area contributed by atoms with Crippen LogP contribution >= 0.6 is 0 Å². The molecule has 1 amide bonds. The van der Waals surface area contributed by atoms with Crippen LogP contribution in [-0.4, -0.2) is 44.8 Å². The number of ether oxygens (including phenoxy) is 1. The molecule has 3 heterocycles. The third-order valence-electron chi connectivity index (χ3n) is 3.80. The molecule has 0 aliphatic carbocycles. The molecule has 0 spiro atoms. The van der Waals surface area contributed by atoms with E-state index in [9.17, 15) is 9.59 Å². The first-order valence-corrected chi connectivity index (χ1v) is 7.42. The number of likely N-dealkylation sites (tertiary alicyclic amines) is 1. The van der Waals surface area contributed by atoms with Gasteiger partial charge in [0.15, 0.2) is 0 Å². The predicted molar refractivity (Wildman–Crippen MR) is 83.1 cm³/mol. The largest absolute Gasteiger partial charge is 0.490 e. The maximum Gasteiger partial charge on any atom is 0.407 e. The molecule has 1 fully saturated rings. The molecule has 0 atom stereocenters.